The minimum Gasteiger partial charge on any atom is -0.456 e. The average molecular weight is 423 g/mol. The molecule has 0 spiro atoms. The number of hydrogen-bond donors (Lipinski definition) is 2. The zero-order valence-corrected chi connectivity index (χ0v) is 20.7. The molecular formula is C17H38O6Si3. The first-order valence-corrected chi connectivity index (χ1v) is 17.9. The van der Waals surface area contributed by atoms with Gasteiger partial charge in [0.05, 0.1) is 6.61 Å². The van der Waals surface area contributed by atoms with Gasteiger partial charge in [-0.3, -0.25) is 0 Å². The second-order valence-electron chi connectivity index (χ2n) is 8.47. The Morgan fingerprint density at radius 3 is 2.00 bits per heavy atom. The van der Waals surface area contributed by atoms with E-state index in [1.165, 1.54) is 0 Å². The standard InChI is InChI=1S/C17H38O6Si3/c1-9-14(2)17(20)21-16(15(19)13-18)11-10-12-24(22-25(3,4)5)23-26(6,7)8/h15-16,18-19,24H,2,9-13H2,1,3-8H3. The van der Waals surface area contributed by atoms with Crippen molar-refractivity contribution >= 4 is 31.9 Å². The summed E-state index contributed by atoms with van der Waals surface area (Å²) in [5.41, 5.74) is 0.358. The molecule has 0 aromatic rings. The maximum Gasteiger partial charge on any atom is 0.333 e. The maximum atomic E-state index is 11.9. The molecule has 0 bridgehead atoms. The minimum absolute atomic E-state index is 0.358. The van der Waals surface area contributed by atoms with Gasteiger partial charge in [0.15, 0.2) is 16.6 Å². The Balaban J connectivity index is 4.80. The Labute approximate surface area is 162 Å². The fourth-order valence-electron chi connectivity index (χ4n) is 2.23. The van der Waals surface area contributed by atoms with Crippen molar-refractivity contribution in [1.29, 1.82) is 0 Å². The average Bonchev–Trinajstić information content (AvgIpc) is 2.48. The van der Waals surface area contributed by atoms with E-state index in [4.69, 9.17) is 13.0 Å². The quantitative estimate of drug-likeness (QED) is 0.270. The summed E-state index contributed by atoms with van der Waals surface area (Å²) in [4.78, 5) is 11.9. The predicted octanol–water partition coefficient (Wildman–Crippen LogP) is 2.92. The largest absolute Gasteiger partial charge is 0.456 e. The van der Waals surface area contributed by atoms with E-state index in [1.54, 1.807) is 0 Å². The molecule has 0 saturated heterocycles. The lowest BCUT2D eigenvalue weighted by Gasteiger charge is -2.31. The summed E-state index contributed by atoms with van der Waals surface area (Å²) in [6.45, 7) is 17.9. The molecule has 0 aromatic heterocycles. The summed E-state index contributed by atoms with van der Waals surface area (Å²) in [7, 11) is -5.22. The molecule has 0 saturated carbocycles. The summed E-state index contributed by atoms with van der Waals surface area (Å²) in [6, 6.07) is 0.787. The predicted molar refractivity (Wildman–Crippen MR) is 112 cm³/mol. The van der Waals surface area contributed by atoms with Crippen molar-refractivity contribution < 1.29 is 28.0 Å². The minimum atomic E-state index is -1.82. The van der Waals surface area contributed by atoms with Gasteiger partial charge >= 0.3 is 15.3 Å². The first-order chi connectivity index (χ1) is 11.8. The normalized spacial score (nSPS) is 15.0. The third-order valence-corrected chi connectivity index (χ3v) is 12.1. The zero-order chi connectivity index (χ0) is 20.5. The highest BCUT2D eigenvalue weighted by atomic mass is 28.4. The maximum absolute atomic E-state index is 11.9. The van der Waals surface area contributed by atoms with Crippen molar-refractivity contribution in [3.63, 3.8) is 0 Å². The molecule has 6 nitrogen and oxygen atoms in total. The van der Waals surface area contributed by atoms with E-state index in [1.807, 2.05) is 6.92 Å². The Morgan fingerprint density at radius 1 is 1.12 bits per heavy atom. The second kappa shape index (κ2) is 11.5. The molecule has 0 rings (SSSR count). The summed E-state index contributed by atoms with van der Waals surface area (Å²) in [5, 5.41) is 19.2. The topological polar surface area (TPSA) is 85.2 Å². The molecule has 0 radical (unpaired) electrons. The van der Waals surface area contributed by atoms with Crippen molar-refractivity contribution in [3.05, 3.63) is 12.2 Å². The molecular weight excluding hydrogens is 384 g/mol. The zero-order valence-electron chi connectivity index (χ0n) is 17.5. The van der Waals surface area contributed by atoms with Crippen LogP contribution in [-0.4, -0.2) is 60.9 Å². The SMILES string of the molecule is C=C(CC)C(=O)OC(CCC[SiH](O[Si](C)(C)C)O[Si](C)(C)C)C(O)CO. The van der Waals surface area contributed by atoms with Crippen LogP contribution in [0, 0.1) is 0 Å². The second-order valence-corrected chi connectivity index (χ2v) is 20.2. The number of ether oxygens (including phenoxy) is 1. The van der Waals surface area contributed by atoms with Crippen molar-refractivity contribution in [2.75, 3.05) is 6.61 Å². The molecule has 0 aromatic carbocycles. The van der Waals surface area contributed by atoms with Crippen LogP contribution in [0.4, 0.5) is 0 Å². The molecule has 0 amide bonds. The van der Waals surface area contributed by atoms with E-state index >= 15 is 0 Å². The highest BCUT2D eigenvalue weighted by Crippen LogP contribution is 2.19. The van der Waals surface area contributed by atoms with E-state index in [0.29, 0.717) is 24.8 Å². The van der Waals surface area contributed by atoms with Crippen molar-refractivity contribution in [1.82, 2.24) is 0 Å². The van der Waals surface area contributed by atoms with E-state index in [9.17, 15) is 15.0 Å². The summed E-state index contributed by atoms with van der Waals surface area (Å²) >= 11 is 0. The van der Waals surface area contributed by atoms with Crippen LogP contribution in [0.1, 0.15) is 26.2 Å². The molecule has 154 valence electrons. The lowest BCUT2D eigenvalue weighted by atomic mass is 10.1. The molecule has 0 heterocycles. The van der Waals surface area contributed by atoms with Gasteiger partial charge in [-0.15, -0.1) is 0 Å². The van der Waals surface area contributed by atoms with E-state index in [2.05, 4.69) is 45.9 Å². The lowest BCUT2D eigenvalue weighted by Crippen LogP contribution is -2.43. The van der Waals surface area contributed by atoms with Gasteiger partial charge in [-0.25, -0.2) is 4.79 Å². The van der Waals surface area contributed by atoms with Crippen LogP contribution in [0.2, 0.25) is 45.3 Å². The number of esters is 1. The van der Waals surface area contributed by atoms with E-state index < -0.39 is 50.7 Å². The smallest absolute Gasteiger partial charge is 0.333 e. The molecule has 0 aliphatic carbocycles. The number of aliphatic hydroxyl groups excluding tert-OH is 2. The molecule has 26 heavy (non-hydrogen) atoms. The fraction of sp³-hybridized carbons (Fsp3) is 0.824. The van der Waals surface area contributed by atoms with Crippen LogP contribution >= 0.6 is 0 Å². The van der Waals surface area contributed by atoms with Crippen molar-refractivity contribution in [3.8, 4) is 0 Å². The molecule has 0 fully saturated rings. The Bertz CT molecular complexity index is 429. The number of hydrogen-bond acceptors (Lipinski definition) is 6. The first-order valence-electron chi connectivity index (χ1n) is 9.32. The van der Waals surface area contributed by atoms with Gasteiger partial charge in [0.1, 0.15) is 12.2 Å². The Hall–Kier alpha value is -0.299. The Kier molecular flexibility index (Phi) is 11.4. The summed E-state index contributed by atoms with van der Waals surface area (Å²) < 4.78 is 17.9. The lowest BCUT2D eigenvalue weighted by molar-refractivity contribution is -0.152. The number of carbonyl (C=O) groups is 1. The van der Waals surface area contributed by atoms with Crippen LogP contribution < -0.4 is 0 Å². The molecule has 2 N–H and O–H groups in total. The van der Waals surface area contributed by atoms with Crippen molar-refractivity contribution in [2.24, 2.45) is 0 Å². The van der Waals surface area contributed by atoms with Crippen LogP contribution in [-0.2, 0) is 17.8 Å². The molecule has 0 aliphatic rings. The molecule has 2 atom stereocenters. The monoisotopic (exact) mass is 422 g/mol. The third-order valence-electron chi connectivity index (χ3n) is 3.49. The van der Waals surface area contributed by atoms with Gasteiger partial charge in [0.2, 0.25) is 0 Å². The first kappa shape index (κ1) is 25.7. The van der Waals surface area contributed by atoms with Gasteiger partial charge in [0.25, 0.3) is 0 Å². The van der Waals surface area contributed by atoms with Crippen LogP contribution in [0.25, 0.3) is 0 Å². The van der Waals surface area contributed by atoms with Crippen LogP contribution in [0.3, 0.4) is 0 Å². The third kappa shape index (κ3) is 12.2. The van der Waals surface area contributed by atoms with Gasteiger partial charge in [-0.1, -0.05) is 13.5 Å². The van der Waals surface area contributed by atoms with Gasteiger partial charge in [0, 0.05) is 5.57 Å². The van der Waals surface area contributed by atoms with Crippen molar-refractivity contribution in [2.45, 2.75) is 83.7 Å². The number of rotatable bonds is 13. The molecule has 2 unspecified atom stereocenters. The fourth-order valence-corrected chi connectivity index (χ4v) is 10.7. The van der Waals surface area contributed by atoms with Gasteiger partial charge < -0.3 is 23.2 Å². The van der Waals surface area contributed by atoms with Crippen LogP contribution in [0.5, 0.6) is 0 Å². The van der Waals surface area contributed by atoms with E-state index in [-0.39, 0.29) is 0 Å². The highest BCUT2D eigenvalue weighted by molar-refractivity contribution is 6.81. The highest BCUT2D eigenvalue weighted by Gasteiger charge is 2.30. The van der Waals surface area contributed by atoms with Crippen LogP contribution in [0.15, 0.2) is 12.2 Å². The van der Waals surface area contributed by atoms with Gasteiger partial charge in [-0.2, -0.15) is 0 Å². The summed E-state index contributed by atoms with van der Waals surface area (Å²) in [6.07, 6.45) is -0.190. The Morgan fingerprint density at radius 2 is 1.62 bits per heavy atom. The molecule has 9 heteroatoms. The number of carbonyl (C=O) groups excluding carboxylic acids is 1. The van der Waals surface area contributed by atoms with E-state index in [0.717, 1.165) is 6.04 Å². The summed E-state index contributed by atoms with van der Waals surface area (Å²) in [5.74, 6) is -0.518. The van der Waals surface area contributed by atoms with Gasteiger partial charge in [-0.05, 0) is 64.6 Å². The number of aliphatic hydroxyl groups is 2. The molecule has 0 aliphatic heterocycles.